The topological polar surface area (TPSA) is 96.1 Å². The Morgan fingerprint density at radius 2 is 2.00 bits per heavy atom. The lowest BCUT2D eigenvalue weighted by Crippen LogP contribution is -2.21. The van der Waals surface area contributed by atoms with E-state index >= 15 is 0 Å². The average molecular weight is 392 g/mol. The molecular formula is C22H24N4O3. The van der Waals surface area contributed by atoms with E-state index in [1.54, 1.807) is 12.1 Å². The number of rotatable bonds is 4. The third-order valence-corrected chi connectivity index (χ3v) is 4.82. The van der Waals surface area contributed by atoms with Crippen molar-refractivity contribution >= 4 is 34.2 Å². The fourth-order valence-electron chi connectivity index (χ4n) is 3.24. The first-order valence-corrected chi connectivity index (χ1v) is 9.63. The van der Waals surface area contributed by atoms with E-state index in [1.165, 1.54) is 0 Å². The van der Waals surface area contributed by atoms with Crippen molar-refractivity contribution in [3.8, 4) is 5.75 Å². The van der Waals surface area contributed by atoms with Crippen LogP contribution in [0.2, 0.25) is 0 Å². The molecule has 0 fully saturated rings. The Kier molecular flexibility index (Phi) is 4.74. The molecule has 7 nitrogen and oxygen atoms in total. The van der Waals surface area contributed by atoms with Gasteiger partial charge in [-0.3, -0.25) is 9.59 Å². The maximum atomic E-state index is 12.3. The highest BCUT2D eigenvalue weighted by molar-refractivity contribution is 5.95. The van der Waals surface area contributed by atoms with Crippen LogP contribution in [-0.4, -0.2) is 28.4 Å². The van der Waals surface area contributed by atoms with Crippen molar-refractivity contribution < 1.29 is 14.3 Å². The Bertz CT molecular complexity index is 1100. The highest BCUT2D eigenvalue weighted by Gasteiger charge is 2.18. The summed E-state index contributed by atoms with van der Waals surface area (Å²) in [4.78, 5) is 31.6. The molecule has 0 saturated heterocycles. The number of hydrogen-bond donors (Lipinski definition) is 3. The third kappa shape index (κ3) is 4.23. The number of aryl methyl sites for hydroxylation is 1. The molecule has 4 rings (SSSR count). The van der Waals surface area contributed by atoms with Crippen molar-refractivity contribution in [2.45, 2.75) is 39.0 Å². The number of hydrogen-bond acceptors (Lipinski definition) is 4. The molecule has 29 heavy (non-hydrogen) atoms. The molecular weight excluding hydrogens is 368 g/mol. The van der Waals surface area contributed by atoms with Gasteiger partial charge in [0.25, 0.3) is 5.91 Å². The third-order valence-electron chi connectivity index (χ3n) is 4.82. The first-order chi connectivity index (χ1) is 13.8. The van der Waals surface area contributed by atoms with Gasteiger partial charge in [-0.05, 0) is 48.4 Å². The maximum absolute atomic E-state index is 12.3. The molecule has 1 aliphatic heterocycles. The van der Waals surface area contributed by atoms with Gasteiger partial charge in [-0.1, -0.05) is 20.8 Å². The number of fused-ring (bicyclic) bond motifs is 2. The Morgan fingerprint density at radius 3 is 2.79 bits per heavy atom. The second-order valence-corrected chi connectivity index (χ2v) is 8.27. The number of carbonyl (C=O) groups is 2. The summed E-state index contributed by atoms with van der Waals surface area (Å²) in [5, 5.41) is 5.68. The van der Waals surface area contributed by atoms with Crippen LogP contribution in [0.4, 0.5) is 11.4 Å². The summed E-state index contributed by atoms with van der Waals surface area (Å²) in [6.45, 7) is 6.19. The minimum Gasteiger partial charge on any atom is -0.484 e. The van der Waals surface area contributed by atoms with E-state index in [4.69, 9.17) is 4.74 Å². The van der Waals surface area contributed by atoms with Crippen LogP contribution in [-0.2, 0) is 21.4 Å². The summed E-state index contributed by atoms with van der Waals surface area (Å²) in [6.07, 6.45) is 1.13. The number of anilines is 2. The summed E-state index contributed by atoms with van der Waals surface area (Å²) in [5.74, 6) is 1.29. The number of aromatic amines is 1. The molecule has 0 aliphatic carbocycles. The normalized spacial score (nSPS) is 13.7. The van der Waals surface area contributed by atoms with Gasteiger partial charge in [-0.15, -0.1) is 0 Å². The molecule has 2 aromatic carbocycles. The van der Waals surface area contributed by atoms with Crippen molar-refractivity contribution in [1.82, 2.24) is 9.97 Å². The molecule has 150 valence electrons. The van der Waals surface area contributed by atoms with Gasteiger partial charge in [0.05, 0.1) is 11.0 Å². The molecule has 0 bridgehead atoms. The zero-order valence-corrected chi connectivity index (χ0v) is 16.8. The quantitative estimate of drug-likeness (QED) is 0.630. The van der Waals surface area contributed by atoms with E-state index in [0.29, 0.717) is 24.3 Å². The van der Waals surface area contributed by atoms with Crippen molar-refractivity contribution in [1.29, 1.82) is 0 Å². The summed E-state index contributed by atoms with van der Waals surface area (Å²) < 4.78 is 5.62. The molecule has 2 heterocycles. The molecule has 1 aromatic heterocycles. The van der Waals surface area contributed by atoms with Crippen LogP contribution in [0, 0.1) is 0 Å². The van der Waals surface area contributed by atoms with E-state index in [2.05, 4.69) is 41.4 Å². The minimum atomic E-state index is -0.245. The van der Waals surface area contributed by atoms with Gasteiger partial charge in [0.2, 0.25) is 5.91 Å². The number of nitrogens with one attached hydrogen (secondary N) is 3. The van der Waals surface area contributed by atoms with E-state index in [0.717, 1.165) is 28.1 Å². The maximum Gasteiger partial charge on any atom is 0.262 e. The van der Waals surface area contributed by atoms with Gasteiger partial charge in [0, 0.05) is 23.2 Å². The van der Waals surface area contributed by atoms with Crippen LogP contribution in [0.15, 0.2) is 36.4 Å². The van der Waals surface area contributed by atoms with Gasteiger partial charge in [-0.25, -0.2) is 4.98 Å². The van der Waals surface area contributed by atoms with Crippen LogP contribution >= 0.6 is 0 Å². The van der Waals surface area contributed by atoms with E-state index in [9.17, 15) is 9.59 Å². The van der Waals surface area contributed by atoms with Crippen LogP contribution < -0.4 is 15.4 Å². The van der Waals surface area contributed by atoms with E-state index < -0.39 is 0 Å². The number of amides is 2. The lowest BCUT2D eigenvalue weighted by molar-refractivity contribution is -0.118. The van der Waals surface area contributed by atoms with Crippen LogP contribution in [0.5, 0.6) is 5.75 Å². The molecule has 0 saturated carbocycles. The monoisotopic (exact) mass is 392 g/mol. The summed E-state index contributed by atoms with van der Waals surface area (Å²) in [5.41, 5.74) is 4.18. The van der Waals surface area contributed by atoms with E-state index in [-0.39, 0.29) is 23.8 Å². The molecule has 3 N–H and O–H groups in total. The number of imidazole rings is 1. The first kappa shape index (κ1) is 19.0. The second kappa shape index (κ2) is 7.24. The zero-order chi connectivity index (χ0) is 20.6. The van der Waals surface area contributed by atoms with Gasteiger partial charge in [0.1, 0.15) is 11.6 Å². The standard InChI is InChI=1S/C22H24N4O3/c1-22(2,3)21-25-17-7-5-14(11-18(17)26-21)23-20(28)12-29-15-6-8-16-13(10-15)4-9-19(27)24-16/h5-8,10-11H,4,9,12H2,1-3H3,(H,23,28)(H,24,27)(H,25,26). The molecule has 1 aliphatic rings. The van der Waals surface area contributed by atoms with Gasteiger partial charge in [0.15, 0.2) is 6.61 Å². The Hall–Kier alpha value is -3.35. The van der Waals surface area contributed by atoms with Gasteiger partial charge < -0.3 is 20.4 Å². The van der Waals surface area contributed by atoms with E-state index in [1.807, 2.05) is 24.3 Å². The first-order valence-electron chi connectivity index (χ1n) is 9.63. The fraction of sp³-hybridized carbons (Fsp3) is 0.318. The van der Waals surface area contributed by atoms with Crippen molar-refractivity contribution in [3.05, 3.63) is 47.8 Å². The summed E-state index contributed by atoms with van der Waals surface area (Å²) >= 11 is 0. The Labute approximate surface area is 168 Å². The Morgan fingerprint density at radius 1 is 1.17 bits per heavy atom. The smallest absolute Gasteiger partial charge is 0.262 e. The molecule has 3 aromatic rings. The molecule has 0 spiro atoms. The predicted molar refractivity (Wildman–Crippen MR) is 112 cm³/mol. The number of benzene rings is 2. The number of ether oxygens (including phenoxy) is 1. The fourth-order valence-corrected chi connectivity index (χ4v) is 3.24. The molecule has 0 radical (unpaired) electrons. The highest BCUT2D eigenvalue weighted by Crippen LogP contribution is 2.27. The summed E-state index contributed by atoms with van der Waals surface area (Å²) in [7, 11) is 0. The molecule has 0 unspecified atom stereocenters. The SMILES string of the molecule is CC(C)(C)c1nc2ccc(NC(=O)COc3ccc4c(c3)CCC(=O)N4)cc2[nH]1. The number of carbonyl (C=O) groups excluding carboxylic acids is 2. The lowest BCUT2D eigenvalue weighted by Gasteiger charge is -2.17. The predicted octanol–water partition coefficient (Wildman–Crippen LogP) is 3.76. The number of aromatic nitrogens is 2. The van der Waals surface area contributed by atoms with Crippen molar-refractivity contribution in [3.63, 3.8) is 0 Å². The van der Waals surface area contributed by atoms with Gasteiger partial charge in [-0.2, -0.15) is 0 Å². The average Bonchev–Trinajstić information content (AvgIpc) is 3.10. The number of H-pyrrole nitrogens is 1. The van der Waals surface area contributed by atoms with Crippen LogP contribution in [0.25, 0.3) is 11.0 Å². The van der Waals surface area contributed by atoms with Crippen molar-refractivity contribution in [2.24, 2.45) is 0 Å². The lowest BCUT2D eigenvalue weighted by atomic mass is 9.96. The van der Waals surface area contributed by atoms with Gasteiger partial charge >= 0.3 is 0 Å². The van der Waals surface area contributed by atoms with Crippen LogP contribution in [0.1, 0.15) is 38.6 Å². The Balaban J connectivity index is 1.39. The zero-order valence-electron chi connectivity index (χ0n) is 16.8. The molecule has 7 heteroatoms. The largest absolute Gasteiger partial charge is 0.484 e. The van der Waals surface area contributed by atoms with Crippen molar-refractivity contribution in [2.75, 3.05) is 17.2 Å². The highest BCUT2D eigenvalue weighted by atomic mass is 16.5. The number of nitrogens with zero attached hydrogens (tertiary/aromatic N) is 1. The molecule has 2 amide bonds. The van der Waals surface area contributed by atoms with Crippen LogP contribution in [0.3, 0.4) is 0 Å². The second-order valence-electron chi connectivity index (χ2n) is 8.27. The minimum absolute atomic E-state index is 0.0226. The summed E-state index contributed by atoms with van der Waals surface area (Å²) in [6, 6.07) is 11.0. The molecule has 0 atom stereocenters.